The second-order valence-corrected chi connectivity index (χ2v) is 8.35. The number of benzene rings is 1. The minimum atomic E-state index is -0.292. The van der Waals surface area contributed by atoms with Crippen molar-refractivity contribution in [1.29, 1.82) is 0 Å². The van der Waals surface area contributed by atoms with Gasteiger partial charge in [0, 0.05) is 12.2 Å². The fourth-order valence-corrected chi connectivity index (χ4v) is 3.81. The Labute approximate surface area is 138 Å². The van der Waals surface area contributed by atoms with E-state index in [1.54, 1.807) is 0 Å². The zero-order chi connectivity index (χ0) is 16.3. The van der Waals surface area contributed by atoms with Crippen molar-refractivity contribution in [3.8, 4) is 0 Å². The largest absolute Gasteiger partial charge is 0.365 e. The van der Waals surface area contributed by atoms with Crippen molar-refractivity contribution in [3.63, 3.8) is 0 Å². The van der Waals surface area contributed by atoms with Gasteiger partial charge >= 0.3 is 0 Å². The highest BCUT2D eigenvalue weighted by Crippen LogP contribution is 2.49. The normalized spacial score (nSPS) is 33.0. The van der Waals surface area contributed by atoms with Gasteiger partial charge in [-0.25, -0.2) is 0 Å². The Balaban J connectivity index is 1.56. The highest BCUT2D eigenvalue weighted by Gasteiger charge is 2.53. The summed E-state index contributed by atoms with van der Waals surface area (Å²) < 4.78 is 5.52. The minimum Gasteiger partial charge on any atom is -0.365 e. The van der Waals surface area contributed by atoms with Crippen LogP contribution in [-0.2, 0) is 14.9 Å². The van der Waals surface area contributed by atoms with Gasteiger partial charge in [0.05, 0.1) is 12.0 Å². The Morgan fingerprint density at radius 1 is 1.04 bits per heavy atom. The lowest BCUT2D eigenvalue weighted by atomic mass is 9.74. The van der Waals surface area contributed by atoms with Crippen molar-refractivity contribution in [1.82, 2.24) is 0 Å². The third-order valence-electron chi connectivity index (χ3n) is 5.71. The summed E-state index contributed by atoms with van der Waals surface area (Å²) in [5.41, 5.74) is 2.15. The summed E-state index contributed by atoms with van der Waals surface area (Å²) in [4.78, 5) is 15.0. The number of rotatable bonds is 1. The molecule has 1 aliphatic carbocycles. The van der Waals surface area contributed by atoms with E-state index in [1.165, 1.54) is 5.56 Å². The fraction of sp³-hybridized carbons (Fsp3) is 0.550. The smallest absolute Gasteiger partial charge is 0.237 e. The molecule has 1 amide bonds. The zero-order valence-corrected chi connectivity index (χ0v) is 14.3. The van der Waals surface area contributed by atoms with Gasteiger partial charge in [-0.15, -0.1) is 0 Å². The van der Waals surface area contributed by atoms with Crippen molar-refractivity contribution < 1.29 is 9.53 Å². The SMILES string of the molecule is CC(C)(C)c1ccc(N2CCC3(C=CC4(CC3)CO4)C2=O)cc1. The highest BCUT2D eigenvalue weighted by atomic mass is 16.6. The van der Waals surface area contributed by atoms with Crippen LogP contribution in [0.4, 0.5) is 5.69 Å². The van der Waals surface area contributed by atoms with Crippen LogP contribution in [0.25, 0.3) is 0 Å². The predicted molar refractivity (Wildman–Crippen MR) is 91.6 cm³/mol. The van der Waals surface area contributed by atoms with E-state index < -0.39 is 0 Å². The number of amides is 1. The number of epoxide rings is 1. The molecule has 2 aliphatic heterocycles. The summed E-state index contributed by atoms with van der Waals surface area (Å²) in [6.07, 6.45) is 7.08. The fourth-order valence-electron chi connectivity index (χ4n) is 3.81. The molecule has 3 nitrogen and oxygen atoms in total. The Morgan fingerprint density at radius 3 is 2.26 bits per heavy atom. The molecule has 0 N–H and O–H groups in total. The lowest BCUT2D eigenvalue weighted by Gasteiger charge is -2.29. The molecule has 3 heteroatoms. The summed E-state index contributed by atoms with van der Waals surface area (Å²) in [5.74, 6) is 0.257. The van der Waals surface area contributed by atoms with Crippen molar-refractivity contribution in [3.05, 3.63) is 42.0 Å². The van der Waals surface area contributed by atoms with Gasteiger partial charge < -0.3 is 9.64 Å². The summed E-state index contributed by atoms with van der Waals surface area (Å²) in [5, 5.41) is 0. The number of nitrogens with zero attached hydrogens (tertiary/aromatic N) is 1. The van der Waals surface area contributed by atoms with Gasteiger partial charge in [-0.2, -0.15) is 0 Å². The van der Waals surface area contributed by atoms with Crippen LogP contribution < -0.4 is 4.90 Å². The summed E-state index contributed by atoms with van der Waals surface area (Å²) in [6, 6.07) is 8.49. The molecule has 1 aromatic carbocycles. The van der Waals surface area contributed by atoms with E-state index in [4.69, 9.17) is 4.74 Å². The highest BCUT2D eigenvalue weighted by molar-refractivity contribution is 6.01. The van der Waals surface area contributed by atoms with E-state index in [-0.39, 0.29) is 22.3 Å². The first-order chi connectivity index (χ1) is 10.8. The maximum absolute atomic E-state index is 13.0. The van der Waals surface area contributed by atoms with Crippen LogP contribution in [0.1, 0.15) is 45.6 Å². The van der Waals surface area contributed by atoms with Crippen LogP contribution in [0.5, 0.6) is 0 Å². The predicted octanol–water partition coefficient (Wildman–Crippen LogP) is 3.83. The van der Waals surface area contributed by atoms with Gasteiger partial charge in [-0.1, -0.05) is 45.1 Å². The molecule has 122 valence electrons. The molecule has 0 radical (unpaired) electrons. The quantitative estimate of drug-likeness (QED) is 0.583. The monoisotopic (exact) mass is 311 g/mol. The number of carbonyl (C=O) groups excluding carboxylic acids is 1. The molecular formula is C20H25NO2. The molecule has 2 atom stereocenters. The van der Waals surface area contributed by atoms with Crippen LogP contribution in [0.2, 0.25) is 0 Å². The second-order valence-electron chi connectivity index (χ2n) is 8.35. The molecule has 2 heterocycles. The molecule has 23 heavy (non-hydrogen) atoms. The molecule has 2 unspecified atom stereocenters. The first kappa shape index (κ1) is 14.9. The molecule has 0 bridgehead atoms. The molecule has 2 spiro atoms. The molecule has 2 fully saturated rings. The van der Waals surface area contributed by atoms with Crippen LogP contribution in [0, 0.1) is 5.41 Å². The lowest BCUT2D eigenvalue weighted by molar-refractivity contribution is -0.124. The third-order valence-corrected chi connectivity index (χ3v) is 5.71. The van der Waals surface area contributed by atoms with Crippen LogP contribution in [0.15, 0.2) is 36.4 Å². The van der Waals surface area contributed by atoms with Gasteiger partial charge in [0.2, 0.25) is 5.91 Å². The van der Waals surface area contributed by atoms with Crippen molar-refractivity contribution in [2.45, 2.75) is 51.0 Å². The Kier molecular flexibility index (Phi) is 3.05. The standard InChI is InChI=1S/C20H25NO2/c1-18(2,3)15-4-6-16(7-5-15)21-13-12-19(17(21)22)8-10-20(11-9-19)14-23-20/h4-8,10H,9,11-14H2,1-3H3. The summed E-state index contributed by atoms with van der Waals surface area (Å²) in [7, 11) is 0. The van der Waals surface area contributed by atoms with E-state index in [1.807, 2.05) is 4.90 Å². The topological polar surface area (TPSA) is 32.8 Å². The maximum Gasteiger partial charge on any atom is 0.237 e. The van der Waals surface area contributed by atoms with E-state index >= 15 is 0 Å². The van der Waals surface area contributed by atoms with Crippen LogP contribution >= 0.6 is 0 Å². The molecule has 2 saturated heterocycles. The van der Waals surface area contributed by atoms with Gasteiger partial charge in [0.15, 0.2) is 0 Å². The molecule has 0 saturated carbocycles. The number of ether oxygens (including phenoxy) is 1. The van der Waals surface area contributed by atoms with E-state index in [0.29, 0.717) is 0 Å². The first-order valence-corrected chi connectivity index (χ1v) is 8.61. The summed E-state index contributed by atoms with van der Waals surface area (Å²) >= 11 is 0. The number of carbonyl (C=O) groups is 1. The van der Waals surface area contributed by atoms with Crippen LogP contribution in [0.3, 0.4) is 0 Å². The van der Waals surface area contributed by atoms with E-state index in [2.05, 4.69) is 57.2 Å². The van der Waals surface area contributed by atoms with Gasteiger partial charge in [-0.3, -0.25) is 4.79 Å². The number of anilines is 1. The summed E-state index contributed by atoms with van der Waals surface area (Å²) in [6.45, 7) is 8.26. The van der Waals surface area contributed by atoms with Crippen molar-refractivity contribution in [2.75, 3.05) is 18.1 Å². The molecule has 4 rings (SSSR count). The van der Waals surface area contributed by atoms with Gasteiger partial charge in [0.25, 0.3) is 0 Å². The third kappa shape index (κ3) is 2.42. The average molecular weight is 311 g/mol. The zero-order valence-electron chi connectivity index (χ0n) is 14.3. The molecule has 1 aromatic rings. The van der Waals surface area contributed by atoms with Gasteiger partial charge in [0.1, 0.15) is 5.60 Å². The number of hydrogen-bond acceptors (Lipinski definition) is 2. The first-order valence-electron chi connectivity index (χ1n) is 8.61. The Bertz CT molecular complexity index is 664. The Morgan fingerprint density at radius 2 is 1.74 bits per heavy atom. The van der Waals surface area contributed by atoms with E-state index in [9.17, 15) is 4.79 Å². The number of hydrogen-bond donors (Lipinski definition) is 0. The van der Waals surface area contributed by atoms with Crippen molar-refractivity contribution >= 4 is 11.6 Å². The maximum atomic E-state index is 13.0. The average Bonchev–Trinajstić information content (AvgIpc) is 3.21. The second kappa shape index (κ2) is 4.70. The lowest BCUT2D eigenvalue weighted by Crippen LogP contribution is -2.36. The van der Waals surface area contributed by atoms with Crippen LogP contribution in [-0.4, -0.2) is 24.7 Å². The minimum absolute atomic E-state index is 0.0205. The van der Waals surface area contributed by atoms with Gasteiger partial charge in [-0.05, 0) is 42.4 Å². The Hall–Kier alpha value is -1.61. The van der Waals surface area contributed by atoms with E-state index in [0.717, 1.165) is 38.1 Å². The molecule has 3 aliphatic rings. The molecule has 0 aromatic heterocycles. The van der Waals surface area contributed by atoms with Crippen molar-refractivity contribution in [2.24, 2.45) is 5.41 Å². The molecular weight excluding hydrogens is 286 g/mol.